The van der Waals surface area contributed by atoms with Crippen LogP contribution in [0.15, 0.2) is 24.3 Å². The Bertz CT molecular complexity index is 408. The SMILES string of the molecule is CCCCCNN1c2ccccc2COC1CCCCC. The van der Waals surface area contributed by atoms with E-state index in [1.54, 1.807) is 0 Å². The fourth-order valence-electron chi connectivity index (χ4n) is 2.83. The van der Waals surface area contributed by atoms with Crippen molar-refractivity contribution < 1.29 is 4.74 Å². The predicted octanol–water partition coefficient (Wildman–Crippen LogP) is 4.62. The molecule has 1 aliphatic heterocycles. The van der Waals surface area contributed by atoms with Gasteiger partial charge in [-0.15, -0.1) is 0 Å². The van der Waals surface area contributed by atoms with Crippen LogP contribution in [0, 0.1) is 0 Å². The molecule has 1 unspecified atom stereocenters. The summed E-state index contributed by atoms with van der Waals surface area (Å²) in [7, 11) is 0. The molecule has 1 heterocycles. The summed E-state index contributed by atoms with van der Waals surface area (Å²) in [5.41, 5.74) is 6.18. The molecule has 0 aromatic heterocycles. The molecule has 0 fully saturated rings. The lowest BCUT2D eigenvalue weighted by Gasteiger charge is -2.39. The lowest BCUT2D eigenvalue weighted by atomic mass is 10.1. The lowest BCUT2D eigenvalue weighted by Crippen LogP contribution is -2.50. The zero-order valence-corrected chi connectivity index (χ0v) is 13.6. The van der Waals surface area contributed by atoms with E-state index in [1.807, 2.05) is 0 Å². The van der Waals surface area contributed by atoms with E-state index in [0.717, 1.165) is 19.6 Å². The van der Waals surface area contributed by atoms with E-state index >= 15 is 0 Å². The van der Waals surface area contributed by atoms with Gasteiger partial charge < -0.3 is 4.74 Å². The van der Waals surface area contributed by atoms with Crippen molar-refractivity contribution in [3.05, 3.63) is 29.8 Å². The summed E-state index contributed by atoms with van der Waals surface area (Å²) in [6.07, 6.45) is 8.81. The maximum absolute atomic E-state index is 6.08. The summed E-state index contributed by atoms with van der Waals surface area (Å²) >= 11 is 0. The fourth-order valence-corrected chi connectivity index (χ4v) is 2.83. The van der Waals surface area contributed by atoms with Gasteiger partial charge in [0, 0.05) is 12.1 Å². The lowest BCUT2D eigenvalue weighted by molar-refractivity contribution is 0.0137. The first kappa shape index (κ1) is 16.3. The van der Waals surface area contributed by atoms with Crippen molar-refractivity contribution in [1.29, 1.82) is 0 Å². The number of rotatable bonds is 9. The molecule has 3 nitrogen and oxygen atoms in total. The largest absolute Gasteiger partial charge is 0.352 e. The topological polar surface area (TPSA) is 24.5 Å². The van der Waals surface area contributed by atoms with Gasteiger partial charge in [0.05, 0.1) is 12.3 Å². The average Bonchev–Trinajstić information content (AvgIpc) is 2.53. The Hall–Kier alpha value is -1.06. The number of anilines is 1. The van der Waals surface area contributed by atoms with Crippen LogP contribution < -0.4 is 10.4 Å². The Morgan fingerprint density at radius 2 is 1.86 bits per heavy atom. The highest BCUT2D eigenvalue weighted by molar-refractivity contribution is 5.54. The molecule has 0 saturated heterocycles. The maximum atomic E-state index is 6.08. The molecule has 0 saturated carbocycles. The van der Waals surface area contributed by atoms with Crippen LogP contribution in [0.5, 0.6) is 0 Å². The molecule has 1 aromatic carbocycles. The molecule has 0 bridgehead atoms. The molecule has 0 spiro atoms. The zero-order chi connectivity index (χ0) is 14.9. The number of para-hydroxylation sites is 1. The summed E-state index contributed by atoms with van der Waals surface area (Å²) in [5, 5.41) is 2.27. The summed E-state index contributed by atoms with van der Waals surface area (Å²) in [5.74, 6) is 0. The first-order chi connectivity index (χ1) is 10.4. The van der Waals surface area contributed by atoms with E-state index in [9.17, 15) is 0 Å². The van der Waals surface area contributed by atoms with Crippen molar-refractivity contribution >= 4 is 5.69 Å². The van der Waals surface area contributed by atoms with E-state index in [4.69, 9.17) is 4.74 Å². The third-order valence-corrected chi connectivity index (χ3v) is 4.09. The van der Waals surface area contributed by atoms with Gasteiger partial charge in [-0.05, 0) is 25.3 Å². The summed E-state index contributed by atoms with van der Waals surface area (Å²) < 4.78 is 6.08. The first-order valence-electron chi connectivity index (χ1n) is 8.59. The smallest absolute Gasteiger partial charge is 0.144 e. The van der Waals surface area contributed by atoms with Gasteiger partial charge in [0.15, 0.2) is 0 Å². The van der Waals surface area contributed by atoms with Crippen molar-refractivity contribution in [2.24, 2.45) is 0 Å². The highest BCUT2D eigenvalue weighted by Gasteiger charge is 2.25. The summed E-state index contributed by atoms with van der Waals surface area (Å²) in [6, 6.07) is 8.58. The van der Waals surface area contributed by atoms with Crippen molar-refractivity contribution in [3.8, 4) is 0 Å². The second-order valence-electron chi connectivity index (χ2n) is 5.88. The van der Waals surface area contributed by atoms with Gasteiger partial charge in [-0.1, -0.05) is 57.7 Å². The van der Waals surface area contributed by atoms with Gasteiger partial charge in [0.2, 0.25) is 0 Å². The Labute approximate surface area is 129 Å². The number of benzene rings is 1. The van der Waals surface area contributed by atoms with Crippen LogP contribution in [0.1, 0.15) is 64.4 Å². The van der Waals surface area contributed by atoms with E-state index < -0.39 is 0 Å². The van der Waals surface area contributed by atoms with Gasteiger partial charge in [0.25, 0.3) is 0 Å². The average molecular weight is 290 g/mol. The third-order valence-electron chi connectivity index (χ3n) is 4.09. The molecule has 1 N–H and O–H groups in total. The monoisotopic (exact) mass is 290 g/mol. The highest BCUT2D eigenvalue weighted by atomic mass is 16.5. The van der Waals surface area contributed by atoms with Gasteiger partial charge in [-0.3, -0.25) is 5.01 Å². The Balaban J connectivity index is 1.99. The van der Waals surface area contributed by atoms with Crippen molar-refractivity contribution in [2.75, 3.05) is 11.6 Å². The van der Waals surface area contributed by atoms with E-state index in [2.05, 4.69) is 48.5 Å². The third kappa shape index (κ3) is 4.72. The maximum Gasteiger partial charge on any atom is 0.144 e. The molecular formula is C18H30N2O. The molecule has 1 aromatic rings. The van der Waals surface area contributed by atoms with E-state index in [1.165, 1.54) is 49.8 Å². The van der Waals surface area contributed by atoms with Crippen LogP contribution >= 0.6 is 0 Å². The summed E-state index contributed by atoms with van der Waals surface area (Å²) in [4.78, 5) is 0. The van der Waals surface area contributed by atoms with Gasteiger partial charge in [0.1, 0.15) is 6.23 Å². The number of nitrogens with zero attached hydrogens (tertiary/aromatic N) is 1. The van der Waals surface area contributed by atoms with Crippen LogP contribution in [0.3, 0.4) is 0 Å². The number of ether oxygens (including phenoxy) is 1. The second kappa shape index (κ2) is 9.06. The minimum atomic E-state index is 0.174. The molecule has 21 heavy (non-hydrogen) atoms. The van der Waals surface area contributed by atoms with Gasteiger partial charge >= 0.3 is 0 Å². The van der Waals surface area contributed by atoms with Gasteiger partial charge in [-0.25, -0.2) is 5.43 Å². The van der Waals surface area contributed by atoms with Crippen LogP contribution in [-0.4, -0.2) is 12.8 Å². The molecule has 1 atom stereocenters. The molecule has 2 rings (SSSR count). The van der Waals surface area contributed by atoms with Crippen LogP contribution in [0.2, 0.25) is 0 Å². The molecule has 3 heteroatoms. The van der Waals surface area contributed by atoms with E-state index in [0.29, 0.717) is 0 Å². The number of nitrogens with one attached hydrogen (secondary N) is 1. The van der Waals surface area contributed by atoms with Crippen LogP contribution in [0.4, 0.5) is 5.69 Å². The van der Waals surface area contributed by atoms with Crippen molar-refractivity contribution in [3.63, 3.8) is 0 Å². The Morgan fingerprint density at radius 1 is 1.10 bits per heavy atom. The fraction of sp³-hybridized carbons (Fsp3) is 0.667. The molecule has 118 valence electrons. The number of unbranched alkanes of at least 4 members (excludes halogenated alkanes) is 4. The quantitative estimate of drug-likeness (QED) is 0.671. The predicted molar refractivity (Wildman–Crippen MR) is 89.2 cm³/mol. The first-order valence-corrected chi connectivity index (χ1v) is 8.59. The Kier molecular flexibility index (Phi) is 7.04. The number of hydrazine groups is 1. The molecule has 1 aliphatic rings. The van der Waals surface area contributed by atoms with Gasteiger partial charge in [-0.2, -0.15) is 0 Å². The van der Waals surface area contributed by atoms with Crippen LogP contribution in [-0.2, 0) is 11.3 Å². The standard InChI is InChI=1S/C18H30N2O/c1-3-5-7-13-18-20(19-14-10-6-4-2)17-12-9-8-11-16(17)15-21-18/h8-9,11-12,18-19H,3-7,10,13-15H2,1-2H3. The molecule has 0 amide bonds. The Morgan fingerprint density at radius 3 is 2.67 bits per heavy atom. The minimum Gasteiger partial charge on any atom is -0.352 e. The number of hydrogen-bond donors (Lipinski definition) is 1. The highest BCUT2D eigenvalue weighted by Crippen LogP contribution is 2.29. The van der Waals surface area contributed by atoms with Crippen molar-refractivity contribution in [2.45, 2.75) is 71.6 Å². The molecular weight excluding hydrogens is 260 g/mol. The normalized spacial score (nSPS) is 17.8. The van der Waals surface area contributed by atoms with E-state index in [-0.39, 0.29) is 6.23 Å². The number of hydrogen-bond acceptors (Lipinski definition) is 3. The summed E-state index contributed by atoms with van der Waals surface area (Å²) in [6.45, 7) is 6.25. The van der Waals surface area contributed by atoms with Crippen molar-refractivity contribution in [1.82, 2.24) is 5.43 Å². The second-order valence-corrected chi connectivity index (χ2v) is 5.88. The minimum absolute atomic E-state index is 0.174. The molecule has 0 aliphatic carbocycles. The zero-order valence-electron chi connectivity index (χ0n) is 13.6. The molecule has 0 radical (unpaired) electrons. The van der Waals surface area contributed by atoms with Crippen LogP contribution in [0.25, 0.3) is 0 Å². The number of fused-ring (bicyclic) bond motifs is 1.